The number of nitrogens with zero attached hydrogens (tertiary/aromatic N) is 2. The lowest BCUT2D eigenvalue weighted by molar-refractivity contribution is -0.660. The average Bonchev–Trinajstić information content (AvgIpc) is 3.04. The molecule has 27 heavy (non-hydrogen) atoms. The van der Waals surface area contributed by atoms with Crippen LogP contribution in [0.5, 0.6) is 0 Å². The number of aryl methyl sites for hydroxylation is 2. The van der Waals surface area contributed by atoms with E-state index in [2.05, 4.69) is 4.85 Å². The van der Waals surface area contributed by atoms with Crippen LogP contribution in [0.3, 0.4) is 0 Å². The maximum absolute atomic E-state index is 8.75. The van der Waals surface area contributed by atoms with Crippen molar-refractivity contribution in [2.24, 2.45) is 7.05 Å². The maximum Gasteiger partial charge on any atom is 0.216 e. The first kappa shape index (κ1) is 13.1. The average molecular weight is 359 g/mol. The van der Waals surface area contributed by atoms with E-state index in [1.807, 2.05) is 55.1 Å². The Morgan fingerprint density at radius 3 is 2.70 bits per heavy atom. The molecular weight excluding hydrogens is 332 g/mol. The molecule has 0 saturated carbocycles. The van der Waals surface area contributed by atoms with Crippen molar-refractivity contribution < 1.29 is 14.5 Å². The second kappa shape index (κ2) is 6.25. The van der Waals surface area contributed by atoms with E-state index in [1.165, 1.54) is 6.92 Å². The Morgan fingerprint density at radius 2 is 2.00 bits per heavy atom. The van der Waals surface area contributed by atoms with E-state index in [0.29, 0.717) is 27.8 Å². The summed E-state index contributed by atoms with van der Waals surface area (Å²) in [7, 11) is 1.96. The predicted octanol–water partition coefficient (Wildman–Crippen LogP) is 6.37. The first-order valence-corrected chi connectivity index (χ1v) is 8.81. The summed E-state index contributed by atoms with van der Waals surface area (Å²) < 4.78 is 41.0. The smallest absolute Gasteiger partial charge is 0.216 e. The molecule has 0 aliphatic rings. The Hall–Kier alpha value is -3.12. The van der Waals surface area contributed by atoms with Crippen LogP contribution < -0.4 is 4.57 Å². The third-order valence-corrected chi connectivity index (χ3v) is 5.18. The number of rotatable bonds is 2. The van der Waals surface area contributed by atoms with Gasteiger partial charge in [0.1, 0.15) is 18.2 Å². The second-order valence-corrected chi connectivity index (χ2v) is 6.94. The van der Waals surface area contributed by atoms with E-state index in [4.69, 9.17) is 16.5 Å². The number of furan rings is 1. The maximum atomic E-state index is 8.75. The summed E-state index contributed by atoms with van der Waals surface area (Å²) in [4.78, 5) is 3.61. The highest BCUT2D eigenvalue weighted by atomic mass is 16.3. The van der Waals surface area contributed by atoms with Gasteiger partial charge in [-0.15, -0.1) is 0 Å². The molecule has 0 N–H and O–H groups in total. The first-order valence-electron chi connectivity index (χ1n) is 10.8. The number of benzene rings is 2. The van der Waals surface area contributed by atoms with Crippen LogP contribution in [0.2, 0.25) is 0 Å². The predicted molar refractivity (Wildman–Crippen MR) is 110 cm³/mol. The van der Waals surface area contributed by atoms with E-state index in [0.717, 1.165) is 22.2 Å². The van der Waals surface area contributed by atoms with Gasteiger partial charge in [0.25, 0.3) is 0 Å². The standard InChI is InChI=1S/C24H23N2O/c1-14(2)21-16(4)19(25-5)13-18-17-11-10-15(3)22(23(17)27-24(18)21)20-9-7-8-12-26(20)6/h7-14H,1-4,6H3/q+1/i1D3,14D. The van der Waals surface area contributed by atoms with Gasteiger partial charge >= 0.3 is 0 Å². The Balaban J connectivity index is 2.22. The topological polar surface area (TPSA) is 21.4 Å². The lowest BCUT2D eigenvalue weighted by Crippen LogP contribution is -2.30. The van der Waals surface area contributed by atoms with Crippen LogP contribution in [0, 0.1) is 20.4 Å². The number of hydrogen-bond donors (Lipinski definition) is 0. The van der Waals surface area contributed by atoms with Gasteiger partial charge in [-0.2, -0.15) is 0 Å². The zero-order valence-electron chi connectivity index (χ0n) is 19.8. The highest BCUT2D eigenvalue weighted by Gasteiger charge is 2.23. The van der Waals surface area contributed by atoms with Crippen molar-refractivity contribution in [2.75, 3.05) is 0 Å². The fourth-order valence-corrected chi connectivity index (χ4v) is 3.82. The molecule has 3 nitrogen and oxygen atoms in total. The van der Waals surface area contributed by atoms with Crippen LogP contribution in [-0.4, -0.2) is 0 Å². The molecule has 0 amide bonds. The van der Waals surface area contributed by atoms with Crippen molar-refractivity contribution in [3.8, 4) is 11.3 Å². The second-order valence-electron chi connectivity index (χ2n) is 6.94. The van der Waals surface area contributed by atoms with Gasteiger partial charge in [-0.1, -0.05) is 25.9 Å². The van der Waals surface area contributed by atoms with Gasteiger partial charge in [0, 0.05) is 28.4 Å². The SMILES string of the molecule is [2H]C([2H])([2H])C([2H])(C)c1c(C)c([N+]#[C-])cc2c1oc1c(-c3cccc[n+]3C)c(C)ccc12. The molecule has 3 heteroatoms. The van der Waals surface area contributed by atoms with E-state index < -0.39 is 12.7 Å². The minimum atomic E-state index is -2.59. The molecule has 0 aliphatic heterocycles. The van der Waals surface area contributed by atoms with Gasteiger partial charge in [-0.05, 0) is 48.6 Å². The van der Waals surface area contributed by atoms with Crippen molar-refractivity contribution >= 4 is 27.6 Å². The van der Waals surface area contributed by atoms with Crippen molar-refractivity contribution in [1.82, 2.24) is 0 Å². The van der Waals surface area contributed by atoms with Crippen LogP contribution in [0.25, 0.3) is 38.0 Å². The van der Waals surface area contributed by atoms with Gasteiger partial charge in [0.2, 0.25) is 5.69 Å². The molecule has 0 saturated heterocycles. The fourth-order valence-electron chi connectivity index (χ4n) is 3.82. The van der Waals surface area contributed by atoms with Gasteiger partial charge in [0.15, 0.2) is 11.9 Å². The third kappa shape index (κ3) is 2.52. The molecular formula is C24H23N2O+. The van der Waals surface area contributed by atoms with Crippen LogP contribution in [0.4, 0.5) is 5.69 Å². The fraction of sp³-hybridized carbons (Fsp3) is 0.250. The summed E-state index contributed by atoms with van der Waals surface area (Å²) in [6, 6.07) is 11.6. The van der Waals surface area contributed by atoms with Crippen molar-refractivity contribution in [1.29, 1.82) is 0 Å². The van der Waals surface area contributed by atoms with Gasteiger partial charge < -0.3 is 4.42 Å². The first-order chi connectivity index (χ1) is 14.5. The molecule has 2 aromatic carbocycles. The third-order valence-electron chi connectivity index (χ3n) is 5.18. The van der Waals surface area contributed by atoms with Crippen molar-refractivity contribution in [3.63, 3.8) is 0 Å². The molecule has 1 unspecified atom stereocenters. The van der Waals surface area contributed by atoms with E-state index >= 15 is 0 Å². The largest absolute Gasteiger partial charge is 0.455 e. The summed E-state index contributed by atoms with van der Waals surface area (Å²) in [5.41, 5.74) is 4.91. The zero-order valence-corrected chi connectivity index (χ0v) is 15.8. The molecule has 0 spiro atoms. The molecule has 0 fully saturated rings. The molecule has 2 heterocycles. The van der Waals surface area contributed by atoms with Crippen LogP contribution in [-0.2, 0) is 7.05 Å². The van der Waals surface area contributed by atoms with E-state index in [9.17, 15) is 0 Å². The molecule has 134 valence electrons. The van der Waals surface area contributed by atoms with E-state index in [1.54, 1.807) is 13.0 Å². The monoisotopic (exact) mass is 359 g/mol. The van der Waals surface area contributed by atoms with Gasteiger partial charge in [-0.25, -0.2) is 9.41 Å². The van der Waals surface area contributed by atoms with Crippen molar-refractivity contribution in [2.45, 2.75) is 33.5 Å². The Bertz CT molecular complexity index is 1390. The van der Waals surface area contributed by atoms with Gasteiger partial charge in [0.05, 0.1) is 12.1 Å². The number of hydrogen-bond acceptors (Lipinski definition) is 1. The van der Waals surface area contributed by atoms with E-state index in [-0.39, 0.29) is 5.56 Å². The highest BCUT2D eigenvalue weighted by Crippen LogP contribution is 2.43. The normalized spacial score (nSPS) is 16.3. The van der Waals surface area contributed by atoms with Crippen LogP contribution in [0.1, 0.15) is 41.8 Å². The summed E-state index contributed by atoms with van der Waals surface area (Å²) in [6.07, 6.45) is 1.96. The molecule has 1 atom stereocenters. The quantitative estimate of drug-likeness (QED) is 0.301. The number of pyridine rings is 1. The van der Waals surface area contributed by atoms with Crippen LogP contribution >= 0.6 is 0 Å². The summed E-state index contributed by atoms with van der Waals surface area (Å²) in [5, 5.41) is 1.45. The molecule has 0 aliphatic carbocycles. The van der Waals surface area contributed by atoms with Gasteiger partial charge in [-0.3, -0.25) is 0 Å². The molecule has 4 aromatic rings. The zero-order chi connectivity index (χ0) is 22.7. The molecule has 0 bridgehead atoms. The number of aromatic nitrogens is 1. The molecule has 4 rings (SSSR count). The Morgan fingerprint density at radius 1 is 1.19 bits per heavy atom. The van der Waals surface area contributed by atoms with Crippen molar-refractivity contribution in [3.05, 3.63) is 70.7 Å². The van der Waals surface area contributed by atoms with Crippen LogP contribution in [0.15, 0.2) is 47.0 Å². The molecule has 0 radical (unpaired) electrons. The Kier molecular flexibility index (Phi) is 3.03. The lowest BCUT2D eigenvalue weighted by atomic mass is 9.93. The summed E-state index contributed by atoms with van der Waals surface area (Å²) >= 11 is 0. The minimum absolute atomic E-state index is 0.244. The molecule has 2 aromatic heterocycles. The Labute approximate surface area is 165 Å². The number of fused-ring (bicyclic) bond motifs is 3. The minimum Gasteiger partial charge on any atom is -0.455 e. The summed E-state index contributed by atoms with van der Waals surface area (Å²) in [6.45, 7) is 10.1. The lowest BCUT2D eigenvalue weighted by Gasteiger charge is -2.11. The summed E-state index contributed by atoms with van der Waals surface area (Å²) in [5.74, 6) is -1.93. The highest BCUT2D eigenvalue weighted by molar-refractivity contribution is 6.12.